The Labute approximate surface area is 388 Å². The standard InChI is InChI=1S/C36H32N10O16S6/c1-4-63(48)27-16-26(28(65(51,52)53)17-29(27)66(54,55)56)43-44-34-30(67(57,58)59)13-20-14-31(68(60,61)62)35(36(47)32(20)33(34)39)45-41-22-8-10-23(11-9-22)64(49,50)46-19(3)6-5-18(2)40-42-25-12-7-21(37)15-24(25)38/h4-17,46-47H,1-3,37-39H2,(H,51,52,53)(H,54,55,56)(H,57,58,59)(H,60,61,62)/b6-5-,42-40?,44-43?,45-41?. The fourth-order valence-electron chi connectivity index (χ4n) is 5.55. The zero-order valence-corrected chi connectivity index (χ0v) is 38.7. The van der Waals surface area contributed by atoms with E-state index in [1.165, 1.54) is 24.3 Å². The summed E-state index contributed by atoms with van der Waals surface area (Å²) in [4.78, 5) is -6.40. The van der Waals surface area contributed by atoms with Gasteiger partial charge in [0.15, 0.2) is 5.75 Å². The summed E-state index contributed by atoms with van der Waals surface area (Å²) in [5.41, 5.74) is 14.2. The van der Waals surface area contributed by atoms with Gasteiger partial charge in [0.05, 0.1) is 48.7 Å². The number of allylic oxidation sites excluding steroid dienone is 2. The van der Waals surface area contributed by atoms with Crippen molar-refractivity contribution in [2.45, 2.75) is 29.4 Å². The van der Waals surface area contributed by atoms with E-state index in [-0.39, 0.29) is 33.7 Å². The van der Waals surface area contributed by atoms with Crippen LogP contribution in [0.1, 0.15) is 0 Å². The third-order valence-electron chi connectivity index (χ3n) is 8.57. The lowest BCUT2D eigenvalue weighted by Crippen LogP contribution is -2.21. The molecule has 0 radical (unpaired) electrons. The molecule has 0 aliphatic carbocycles. The molecule has 0 spiro atoms. The highest BCUT2D eigenvalue weighted by Crippen LogP contribution is 2.48. The fraction of sp³-hybridized carbons (Fsp3) is 0. The molecule has 0 aromatic heterocycles. The number of nitrogen functional groups attached to an aromatic ring is 3. The maximum atomic E-state index is 13.1. The lowest BCUT2D eigenvalue weighted by atomic mass is 10.1. The van der Waals surface area contributed by atoms with E-state index in [1.54, 1.807) is 6.07 Å². The number of rotatable bonds is 17. The van der Waals surface area contributed by atoms with Crippen LogP contribution in [0.25, 0.3) is 10.8 Å². The Morgan fingerprint density at radius 2 is 1.19 bits per heavy atom. The smallest absolute Gasteiger partial charge is 0.296 e. The first-order chi connectivity index (χ1) is 31.3. The number of benzene rings is 5. The lowest BCUT2D eigenvalue weighted by molar-refractivity contribution is 0.472. The zero-order chi connectivity index (χ0) is 50.9. The number of nitrogens with one attached hydrogen (secondary N) is 1. The minimum absolute atomic E-state index is 0.0854. The molecule has 0 amide bonds. The summed E-state index contributed by atoms with van der Waals surface area (Å²) >= 11 is 0. The minimum Gasteiger partial charge on any atom is -0.505 e. The summed E-state index contributed by atoms with van der Waals surface area (Å²) in [6, 6.07) is 10.4. The van der Waals surface area contributed by atoms with E-state index in [0.717, 1.165) is 24.3 Å². The SMILES string of the molecule is C=CS(=O)c1cc(N=Nc2c(S(=O)(=O)O)cc3cc(S(=O)(=O)O)c(N=Nc4ccc(S(=O)(=O)NC(=C)/C=C\C(=C)N=Nc5ccc(N)cc5N)cc4)c(O)c3c2N)c(S(=O)(=O)O)cc1S(=O)(=O)O. The van der Waals surface area contributed by atoms with Crippen molar-refractivity contribution in [2.24, 2.45) is 30.7 Å². The summed E-state index contributed by atoms with van der Waals surface area (Å²) in [5.74, 6) is -1.25. The molecule has 0 fully saturated rings. The first-order valence-corrected chi connectivity index (χ1v) is 26.1. The van der Waals surface area contributed by atoms with Crippen LogP contribution >= 0.6 is 0 Å². The Kier molecular flexibility index (Phi) is 14.7. The molecule has 0 saturated carbocycles. The molecule has 1 atom stereocenters. The molecule has 0 aliphatic rings. The zero-order valence-electron chi connectivity index (χ0n) is 33.8. The number of fused-ring (bicyclic) bond motifs is 1. The monoisotopic (exact) mass is 1050 g/mol. The molecule has 5 aromatic carbocycles. The molecule has 68 heavy (non-hydrogen) atoms. The van der Waals surface area contributed by atoms with Gasteiger partial charge in [0.1, 0.15) is 42.3 Å². The van der Waals surface area contributed by atoms with Crippen LogP contribution in [0.3, 0.4) is 0 Å². The summed E-state index contributed by atoms with van der Waals surface area (Å²) in [5, 5.41) is 33.1. The number of azo groups is 3. The first-order valence-electron chi connectivity index (χ1n) is 17.7. The minimum atomic E-state index is -5.49. The highest BCUT2D eigenvalue weighted by atomic mass is 32.2. The van der Waals surface area contributed by atoms with E-state index in [0.29, 0.717) is 35.0 Å². The Hall–Kier alpha value is -7.14. The van der Waals surface area contributed by atoms with Crippen molar-refractivity contribution in [2.75, 3.05) is 17.2 Å². The highest BCUT2D eigenvalue weighted by Gasteiger charge is 2.30. The van der Waals surface area contributed by atoms with Crippen molar-refractivity contribution < 1.29 is 69.6 Å². The van der Waals surface area contributed by atoms with E-state index >= 15 is 0 Å². The number of hydrogen-bond donors (Lipinski definition) is 9. The van der Waals surface area contributed by atoms with Crippen molar-refractivity contribution in [1.29, 1.82) is 0 Å². The van der Waals surface area contributed by atoms with Crippen LogP contribution in [-0.2, 0) is 61.3 Å². The Morgan fingerprint density at radius 3 is 1.74 bits per heavy atom. The van der Waals surface area contributed by atoms with Gasteiger partial charge < -0.3 is 22.3 Å². The molecule has 0 aliphatic heterocycles. The van der Waals surface area contributed by atoms with Crippen LogP contribution in [0.4, 0.5) is 45.5 Å². The summed E-state index contributed by atoms with van der Waals surface area (Å²) in [7, 11) is -28.5. The second-order valence-electron chi connectivity index (χ2n) is 13.3. The number of aromatic hydroxyl groups is 1. The molecule has 358 valence electrons. The molecular weight excluding hydrogens is 1020 g/mol. The molecule has 1 unspecified atom stereocenters. The van der Waals surface area contributed by atoms with Gasteiger partial charge in [-0.1, -0.05) is 19.7 Å². The molecule has 26 nitrogen and oxygen atoms in total. The van der Waals surface area contributed by atoms with Crippen LogP contribution < -0.4 is 21.9 Å². The predicted octanol–water partition coefficient (Wildman–Crippen LogP) is 6.01. The first kappa shape index (κ1) is 51.8. The fourth-order valence-corrected chi connectivity index (χ4v) is 10.4. The normalized spacial score (nSPS) is 13.5. The quantitative estimate of drug-likeness (QED) is 0.0223. The van der Waals surface area contributed by atoms with Gasteiger partial charge in [-0.15, -0.1) is 20.5 Å². The number of phenols is 1. The Bertz CT molecular complexity index is 3730. The number of sulfonamides is 1. The molecule has 0 bridgehead atoms. The van der Waals surface area contributed by atoms with Crippen LogP contribution in [0.15, 0.2) is 175 Å². The second kappa shape index (κ2) is 19.2. The molecule has 5 aromatic rings. The number of nitrogens with zero attached hydrogens (tertiary/aromatic N) is 6. The molecular formula is C36H32N10O16S6. The number of anilines is 3. The summed E-state index contributed by atoms with van der Waals surface area (Å²) in [6.07, 6.45) is 2.53. The molecule has 32 heteroatoms. The van der Waals surface area contributed by atoms with Gasteiger partial charge >= 0.3 is 0 Å². The van der Waals surface area contributed by atoms with Gasteiger partial charge in [0.2, 0.25) is 0 Å². The van der Waals surface area contributed by atoms with E-state index < -0.39 is 125 Å². The average Bonchev–Trinajstić information content (AvgIpc) is 3.22. The van der Waals surface area contributed by atoms with Crippen LogP contribution in [0.5, 0.6) is 5.75 Å². The summed E-state index contributed by atoms with van der Waals surface area (Å²) in [6.45, 7) is 10.5. The van der Waals surface area contributed by atoms with Gasteiger partial charge in [0.25, 0.3) is 50.5 Å². The maximum Gasteiger partial charge on any atom is 0.296 e. The van der Waals surface area contributed by atoms with Crippen LogP contribution in [0.2, 0.25) is 0 Å². The van der Waals surface area contributed by atoms with E-state index in [2.05, 4.69) is 55.1 Å². The van der Waals surface area contributed by atoms with Crippen molar-refractivity contribution in [1.82, 2.24) is 4.72 Å². The van der Waals surface area contributed by atoms with Crippen molar-refractivity contribution in [3.05, 3.63) is 115 Å². The van der Waals surface area contributed by atoms with Crippen molar-refractivity contribution in [3.63, 3.8) is 0 Å². The Morgan fingerprint density at radius 1 is 0.632 bits per heavy atom. The number of phenolic OH excluding ortho intramolecular Hbond substituents is 1. The van der Waals surface area contributed by atoms with Gasteiger partial charge in [-0.2, -0.15) is 43.9 Å². The third-order valence-corrected chi connectivity index (χ3v) is 14.7. The average molecular weight is 1050 g/mol. The van der Waals surface area contributed by atoms with Gasteiger partial charge in [-0.3, -0.25) is 22.9 Å². The molecule has 5 rings (SSSR count). The van der Waals surface area contributed by atoms with Crippen molar-refractivity contribution >= 4 is 118 Å². The largest absolute Gasteiger partial charge is 0.505 e. The van der Waals surface area contributed by atoms with E-state index in [9.17, 15) is 69.6 Å². The van der Waals surface area contributed by atoms with Gasteiger partial charge in [0, 0.05) is 16.8 Å². The van der Waals surface area contributed by atoms with Gasteiger partial charge in [-0.25, -0.2) is 12.6 Å². The topological polar surface area (TPSA) is 453 Å². The highest BCUT2D eigenvalue weighted by molar-refractivity contribution is 7.90. The third kappa shape index (κ3) is 11.9. The van der Waals surface area contributed by atoms with Crippen LogP contribution in [0, 0.1) is 0 Å². The molecule has 0 saturated heterocycles. The number of hydrogen-bond acceptors (Lipinski definition) is 21. The number of nitrogens with two attached hydrogens (primary N) is 3. The van der Waals surface area contributed by atoms with E-state index in [1.807, 2.05) is 0 Å². The Balaban J connectivity index is 1.53. The van der Waals surface area contributed by atoms with Crippen LogP contribution in [-0.4, -0.2) is 69.6 Å². The van der Waals surface area contributed by atoms with Gasteiger partial charge in [-0.05, 0) is 84.3 Å². The second-order valence-corrected chi connectivity index (χ2v) is 21.9. The lowest BCUT2D eigenvalue weighted by Gasteiger charge is -2.14. The maximum absolute atomic E-state index is 13.1. The molecule has 12 N–H and O–H groups in total. The van der Waals surface area contributed by atoms with Crippen molar-refractivity contribution in [3.8, 4) is 5.75 Å². The van der Waals surface area contributed by atoms with E-state index in [4.69, 9.17) is 17.2 Å². The molecule has 0 heterocycles. The summed E-state index contributed by atoms with van der Waals surface area (Å²) < 4.78 is 179. The predicted molar refractivity (Wildman–Crippen MR) is 245 cm³/mol.